The van der Waals surface area contributed by atoms with E-state index in [9.17, 15) is 13.6 Å². The minimum atomic E-state index is -0.805. The summed E-state index contributed by atoms with van der Waals surface area (Å²) < 4.78 is 27.3. The molecule has 2 N–H and O–H groups in total. The maximum atomic E-state index is 13.6. The third-order valence-corrected chi connectivity index (χ3v) is 3.87. The molecule has 0 radical (unpaired) electrons. The molecular formula is C16H13ClF2N2O. The van der Waals surface area contributed by atoms with E-state index in [2.05, 4.69) is 10.6 Å². The van der Waals surface area contributed by atoms with Crippen LogP contribution in [0.4, 0.5) is 14.5 Å². The van der Waals surface area contributed by atoms with Crippen LogP contribution in [-0.4, -0.2) is 12.5 Å². The van der Waals surface area contributed by atoms with Crippen molar-refractivity contribution in [2.75, 3.05) is 11.9 Å². The van der Waals surface area contributed by atoms with Crippen LogP contribution in [0.5, 0.6) is 0 Å². The molecule has 114 valence electrons. The van der Waals surface area contributed by atoms with E-state index >= 15 is 0 Å². The van der Waals surface area contributed by atoms with E-state index < -0.39 is 29.3 Å². The number of para-hydroxylation sites is 1. The Balaban J connectivity index is 1.88. The molecule has 1 atom stereocenters. The Kier molecular flexibility index (Phi) is 4.09. The van der Waals surface area contributed by atoms with Crippen LogP contribution in [0.3, 0.4) is 0 Å². The Morgan fingerprint density at radius 1 is 1.23 bits per heavy atom. The predicted molar refractivity (Wildman–Crippen MR) is 80.9 cm³/mol. The lowest BCUT2D eigenvalue weighted by Crippen LogP contribution is -2.38. The normalized spacial score (nSPS) is 17.0. The van der Waals surface area contributed by atoms with E-state index in [1.807, 2.05) is 6.07 Å². The van der Waals surface area contributed by atoms with Gasteiger partial charge < -0.3 is 10.6 Å². The van der Waals surface area contributed by atoms with Crippen LogP contribution in [-0.2, 0) is 11.2 Å². The predicted octanol–water partition coefficient (Wildman–Crippen LogP) is 3.44. The Morgan fingerprint density at radius 3 is 2.68 bits per heavy atom. The Labute approximate surface area is 131 Å². The highest BCUT2D eigenvalue weighted by Gasteiger charge is 2.27. The molecule has 3 rings (SSSR count). The number of hydrogen-bond donors (Lipinski definition) is 2. The van der Waals surface area contributed by atoms with E-state index in [1.165, 1.54) is 6.07 Å². The maximum absolute atomic E-state index is 13.6. The molecule has 0 aliphatic carbocycles. The summed E-state index contributed by atoms with van der Waals surface area (Å²) >= 11 is 5.96. The van der Waals surface area contributed by atoms with E-state index in [0.29, 0.717) is 11.6 Å². The zero-order valence-corrected chi connectivity index (χ0v) is 12.3. The number of amides is 1. The van der Waals surface area contributed by atoms with E-state index in [-0.39, 0.29) is 0 Å². The number of rotatable bonds is 2. The first-order valence-corrected chi connectivity index (χ1v) is 7.20. The standard InChI is InChI=1S/C16H13ClF2N2O/c17-10-4-5-11-9(8-10)6-7-20-14(11)16(22)21-15-12(18)2-1-3-13(15)19/h1-5,8,14,20H,6-7H2,(H,21,22). The summed E-state index contributed by atoms with van der Waals surface area (Å²) in [6.45, 7) is 0.588. The van der Waals surface area contributed by atoms with Crippen molar-refractivity contribution in [2.45, 2.75) is 12.5 Å². The van der Waals surface area contributed by atoms with Gasteiger partial charge in [0, 0.05) is 11.6 Å². The second-order valence-electron chi connectivity index (χ2n) is 5.07. The van der Waals surface area contributed by atoms with Gasteiger partial charge >= 0.3 is 0 Å². The van der Waals surface area contributed by atoms with Gasteiger partial charge in [-0.1, -0.05) is 23.7 Å². The number of anilines is 1. The Hall–Kier alpha value is -1.98. The monoisotopic (exact) mass is 322 g/mol. The van der Waals surface area contributed by atoms with Crippen LogP contribution in [0.1, 0.15) is 17.2 Å². The molecule has 2 aromatic rings. The molecule has 3 nitrogen and oxygen atoms in total. The molecule has 1 aliphatic heterocycles. The quantitative estimate of drug-likeness (QED) is 0.889. The SMILES string of the molecule is O=C(Nc1c(F)cccc1F)C1NCCc2cc(Cl)ccc21. The molecule has 22 heavy (non-hydrogen) atoms. The lowest BCUT2D eigenvalue weighted by Gasteiger charge is -2.26. The molecule has 6 heteroatoms. The summed E-state index contributed by atoms with van der Waals surface area (Å²) in [7, 11) is 0. The summed E-state index contributed by atoms with van der Waals surface area (Å²) in [6, 6.07) is 8.03. The number of fused-ring (bicyclic) bond motifs is 1. The maximum Gasteiger partial charge on any atom is 0.246 e. The fourth-order valence-corrected chi connectivity index (χ4v) is 2.77. The van der Waals surface area contributed by atoms with Crippen molar-refractivity contribution in [3.63, 3.8) is 0 Å². The minimum Gasteiger partial charge on any atom is -0.320 e. The van der Waals surface area contributed by atoms with Crippen LogP contribution in [0.25, 0.3) is 0 Å². The zero-order chi connectivity index (χ0) is 15.7. The van der Waals surface area contributed by atoms with Gasteiger partial charge in [0.25, 0.3) is 0 Å². The fraction of sp³-hybridized carbons (Fsp3) is 0.188. The van der Waals surface area contributed by atoms with Crippen LogP contribution >= 0.6 is 11.6 Å². The van der Waals surface area contributed by atoms with Crippen molar-refractivity contribution in [3.8, 4) is 0 Å². The summed E-state index contributed by atoms with van der Waals surface area (Å²) in [6.07, 6.45) is 0.744. The molecule has 0 bridgehead atoms. The van der Waals surface area contributed by atoms with Gasteiger partial charge in [-0.25, -0.2) is 8.78 Å². The van der Waals surface area contributed by atoms with Crippen molar-refractivity contribution in [2.24, 2.45) is 0 Å². The largest absolute Gasteiger partial charge is 0.320 e. The summed E-state index contributed by atoms with van der Waals surface area (Å²) in [4.78, 5) is 12.4. The molecule has 1 heterocycles. The number of carbonyl (C=O) groups is 1. The highest BCUT2D eigenvalue weighted by Crippen LogP contribution is 2.27. The second kappa shape index (κ2) is 6.02. The first-order valence-electron chi connectivity index (χ1n) is 6.83. The molecule has 0 saturated carbocycles. The van der Waals surface area contributed by atoms with Gasteiger partial charge in [-0.3, -0.25) is 4.79 Å². The van der Waals surface area contributed by atoms with Gasteiger partial charge in [0.1, 0.15) is 23.4 Å². The topological polar surface area (TPSA) is 41.1 Å². The van der Waals surface area contributed by atoms with Crippen molar-refractivity contribution < 1.29 is 13.6 Å². The first kappa shape index (κ1) is 14.9. The van der Waals surface area contributed by atoms with E-state index in [1.54, 1.807) is 12.1 Å². The molecule has 1 amide bonds. The van der Waals surface area contributed by atoms with Gasteiger partial charge in [-0.15, -0.1) is 0 Å². The van der Waals surface area contributed by atoms with Crippen LogP contribution in [0.15, 0.2) is 36.4 Å². The summed E-state index contributed by atoms with van der Waals surface area (Å²) in [5.41, 5.74) is 1.29. The average Bonchev–Trinajstić information content (AvgIpc) is 2.50. The molecule has 1 aliphatic rings. The third-order valence-electron chi connectivity index (χ3n) is 3.63. The number of hydrogen-bond acceptors (Lipinski definition) is 2. The first-order chi connectivity index (χ1) is 10.6. The Bertz CT molecular complexity index is 716. The van der Waals surface area contributed by atoms with Crippen molar-refractivity contribution in [3.05, 3.63) is 64.2 Å². The summed E-state index contributed by atoms with van der Waals surface area (Å²) in [5, 5.41) is 5.97. The summed E-state index contributed by atoms with van der Waals surface area (Å²) in [5.74, 6) is -2.12. The molecule has 0 fully saturated rings. The molecule has 0 saturated heterocycles. The number of benzene rings is 2. The highest BCUT2D eigenvalue weighted by molar-refractivity contribution is 6.30. The van der Waals surface area contributed by atoms with Crippen molar-refractivity contribution >= 4 is 23.2 Å². The second-order valence-corrected chi connectivity index (χ2v) is 5.50. The smallest absolute Gasteiger partial charge is 0.246 e. The number of carbonyl (C=O) groups excluding carboxylic acids is 1. The number of nitrogens with one attached hydrogen (secondary N) is 2. The highest BCUT2D eigenvalue weighted by atomic mass is 35.5. The fourth-order valence-electron chi connectivity index (χ4n) is 2.58. The van der Waals surface area contributed by atoms with Gasteiger partial charge in [0.05, 0.1) is 0 Å². The molecule has 0 aromatic heterocycles. The lowest BCUT2D eigenvalue weighted by molar-refractivity contribution is -0.118. The minimum absolute atomic E-state index is 0.435. The van der Waals surface area contributed by atoms with E-state index in [4.69, 9.17) is 11.6 Å². The van der Waals surface area contributed by atoms with Gasteiger partial charge in [-0.05, 0) is 41.8 Å². The van der Waals surface area contributed by atoms with Crippen molar-refractivity contribution in [1.82, 2.24) is 5.32 Å². The molecule has 1 unspecified atom stereocenters. The van der Waals surface area contributed by atoms with Gasteiger partial charge in [0.15, 0.2) is 0 Å². The van der Waals surface area contributed by atoms with Crippen molar-refractivity contribution in [1.29, 1.82) is 0 Å². The van der Waals surface area contributed by atoms with E-state index in [0.717, 1.165) is 29.7 Å². The Morgan fingerprint density at radius 2 is 1.95 bits per heavy atom. The van der Waals surface area contributed by atoms with Crippen LogP contribution in [0.2, 0.25) is 5.02 Å². The van der Waals surface area contributed by atoms with Crippen LogP contribution < -0.4 is 10.6 Å². The molecule has 2 aromatic carbocycles. The third kappa shape index (κ3) is 2.82. The lowest BCUT2D eigenvalue weighted by atomic mass is 9.94. The molecule has 0 spiro atoms. The number of halogens is 3. The van der Waals surface area contributed by atoms with Crippen LogP contribution in [0, 0.1) is 11.6 Å². The zero-order valence-electron chi connectivity index (χ0n) is 11.5. The molecular weight excluding hydrogens is 310 g/mol. The van der Waals surface area contributed by atoms with Gasteiger partial charge in [0.2, 0.25) is 5.91 Å². The van der Waals surface area contributed by atoms with Gasteiger partial charge in [-0.2, -0.15) is 0 Å². The average molecular weight is 323 g/mol.